The van der Waals surface area contributed by atoms with E-state index in [1.807, 2.05) is 0 Å². The molecular weight excluding hydrogens is 256 g/mol. The number of hydrogen-bond acceptors (Lipinski definition) is 3. The Morgan fingerprint density at radius 1 is 1.42 bits per heavy atom. The van der Waals surface area contributed by atoms with Crippen LogP contribution in [0.2, 0.25) is 0 Å². The SMILES string of the molecule is COc1ccc(CNC(=O)[C@@H]2CC2(F)F)c(OC)c1. The van der Waals surface area contributed by atoms with E-state index in [0.29, 0.717) is 17.1 Å². The van der Waals surface area contributed by atoms with E-state index in [0.717, 1.165) is 0 Å². The molecule has 0 spiro atoms. The molecule has 0 heterocycles. The number of alkyl halides is 2. The number of amides is 1. The lowest BCUT2D eigenvalue weighted by Gasteiger charge is -2.11. The third-order valence-electron chi connectivity index (χ3n) is 3.09. The van der Waals surface area contributed by atoms with Crippen LogP contribution < -0.4 is 14.8 Å². The van der Waals surface area contributed by atoms with Crippen molar-refractivity contribution < 1.29 is 23.0 Å². The summed E-state index contributed by atoms with van der Waals surface area (Å²) in [4.78, 5) is 11.5. The van der Waals surface area contributed by atoms with Crippen molar-refractivity contribution in [2.45, 2.75) is 18.9 Å². The van der Waals surface area contributed by atoms with Crippen LogP contribution in [0.25, 0.3) is 0 Å². The van der Waals surface area contributed by atoms with Crippen molar-refractivity contribution in [1.82, 2.24) is 5.32 Å². The third-order valence-corrected chi connectivity index (χ3v) is 3.09. The number of rotatable bonds is 5. The monoisotopic (exact) mass is 271 g/mol. The highest BCUT2D eigenvalue weighted by molar-refractivity contribution is 5.82. The Kier molecular flexibility index (Phi) is 3.59. The van der Waals surface area contributed by atoms with Crippen LogP contribution in [0.5, 0.6) is 11.5 Å². The maximum absolute atomic E-state index is 12.7. The summed E-state index contributed by atoms with van der Waals surface area (Å²) in [7, 11) is 3.03. The van der Waals surface area contributed by atoms with E-state index in [4.69, 9.17) is 9.47 Å². The summed E-state index contributed by atoms with van der Waals surface area (Å²) in [6, 6.07) is 5.12. The zero-order valence-electron chi connectivity index (χ0n) is 10.7. The molecule has 1 aromatic rings. The van der Waals surface area contributed by atoms with Gasteiger partial charge in [-0.05, 0) is 12.1 Å². The molecule has 4 nitrogen and oxygen atoms in total. The van der Waals surface area contributed by atoms with E-state index in [9.17, 15) is 13.6 Å². The van der Waals surface area contributed by atoms with Gasteiger partial charge in [0.1, 0.15) is 17.4 Å². The third kappa shape index (κ3) is 2.94. The smallest absolute Gasteiger partial charge is 0.260 e. The van der Waals surface area contributed by atoms with Gasteiger partial charge in [0.15, 0.2) is 0 Å². The first-order valence-electron chi connectivity index (χ1n) is 5.84. The van der Waals surface area contributed by atoms with E-state index in [-0.39, 0.29) is 13.0 Å². The molecule has 104 valence electrons. The minimum Gasteiger partial charge on any atom is -0.497 e. The minimum absolute atomic E-state index is 0.151. The van der Waals surface area contributed by atoms with Gasteiger partial charge in [0.25, 0.3) is 5.92 Å². The van der Waals surface area contributed by atoms with Crippen LogP contribution in [-0.4, -0.2) is 26.0 Å². The van der Waals surface area contributed by atoms with Crippen LogP contribution in [-0.2, 0) is 11.3 Å². The molecule has 0 aromatic heterocycles. The van der Waals surface area contributed by atoms with Gasteiger partial charge in [-0.3, -0.25) is 4.79 Å². The lowest BCUT2D eigenvalue weighted by molar-refractivity contribution is -0.124. The number of methoxy groups -OCH3 is 2. The predicted molar refractivity (Wildman–Crippen MR) is 64.4 cm³/mol. The number of ether oxygens (including phenoxy) is 2. The lowest BCUT2D eigenvalue weighted by atomic mass is 10.2. The van der Waals surface area contributed by atoms with Gasteiger partial charge in [-0.25, -0.2) is 8.78 Å². The van der Waals surface area contributed by atoms with E-state index in [1.165, 1.54) is 14.2 Å². The maximum Gasteiger partial charge on any atom is 0.260 e. The Balaban J connectivity index is 1.98. The standard InChI is InChI=1S/C13H15F2NO3/c1-18-9-4-3-8(11(5-9)19-2)7-16-12(17)10-6-13(10,14)15/h3-5,10H,6-7H2,1-2H3,(H,16,17)/t10-/m0/s1. The average Bonchev–Trinajstić information content (AvgIpc) is 3.05. The molecule has 1 fully saturated rings. The fourth-order valence-electron chi connectivity index (χ4n) is 1.80. The van der Waals surface area contributed by atoms with Crippen LogP contribution >= 0.6 is 0 Å². The van der Waals surface area contributed by atoms with Gasteiger partial charge in [-0.1, -0.05) is 0 Å². The summed E-state index contributed by atoms with van der Waals surface area (Å²) in [6.07, 6.45) is -0.363. The predicted octanol–water partition coefficient (Wildman–Crippen LogP) is 1.98. The normalized spacial score (nSPS) is 19.7. The molecule has 6 heteroatoms. The fourth-order valence-corrected chi connectivity index (χ4v) is 1.80. The Bertz CT molecular complexity index is 491. The number of halogens is 2. The molecule has 1 atom stereocenters. The summed E-state index contributed by atoms with van der Waals surface area (Å²) in [5.41, 5.74) is 0.709. The topological polar surface area (TPSA) is 47.6 Å². The number of carbonyl (C=O) groups excluding carboxylic acids is 1. The highest BCUT2D eigenvalue weighted by atomic mass is 19.3. The zero-order valence-corrected chi connectivity index (χ0v) is 10.7. The molecule has 1 aliphatic carbocycles. The van der Waals surface area contributed by atoms with Gasteiger partial charge in [0.05, 0.1) is 14.2 Å². The molecule has 0 bridgehead atoms. The largest absolute Gasteiger partial charge is 0.497 e. The lowest BCUT2D eigenvalue weighted by Crippen LogP contribution is -2.26. The van der Waals surface area contributed by atoms with Crippen molar-refractivity contribution in [1.29, 1.82) is 0 Å². The first kappa shape index (κ1) is 13.6. The van der Waals surface area contributed by atoms with Gasteiger partial charge >= 0.3 is 0 Å². The molecule has 1 aromatic carbocycles. The zero-order chi connectivity index (χ0) is 14.0. The Morgan fingerprint density at radius 3 is 2.63 bits per heavy atom. The van der Waals surface area contributed by atoms with Gasteiger partial charge in [-0.2, -0.15) is 0 Å². The molecule has 0 unspecified atom stereocenters. The maximum atomic E-state index is 12.7. The van der Waals surface area contributed by atoms with E-state index >= 15 is 0 Å². The van der Waals surface area contributed by atoms with E-state index < -0.39 is 17.7 Å². The van der Waals surface area contributed by atoms with Gasteiger partial charge < -0.3 is 14.8 Å². The van der Waals surface area contributed by atoms with Crippen LogP contribution in [0.3, 0.4) is 0 Å². The molecule has 1 saturated carbocycles. The summed E-state index contributed by atoms with van der Waals surface area (Å²) in [5.74, 6) is -3.48. The summed E-state index contributed by atoms with van der Waals surface area (Å²) >= 11 is 0. The van der Waals surface area contributed by atoms with Crippen LogP contribution in [0.1, 0.15) is 12.0 Å². The number of nitrogens with one attached hydrogen (secondary N) is 1. The second kappa shape index (κ2) is 5.03. The van der Waals surface area contributed by atoms with Gasteiger partial charge in [-0.15, -0.1) is 0 Å². The average molecular weight is 271 g/mol. The van der Waals surface area contributed by atoms with E-state index in [2.05, 4.69) is 5.32 Å². The van der Waals surface area contributed by atoms with Gasteiger partial charge in [0, 0.05) is 24.6 Å². The minimum atomic E-state index is -2.84. The quantitative estimate of drug-likeness (QED) is 0.890. The first-order chi connectivity index (χ1) is 8.97. The summed E-state index contributed by atoms with van der Waals surface area (Å²) in [5, 5.41) is 2.49. The Hall–Kier alpha value is -1.85. The number of carbonyl (C=O) groups is 1. The summed E-state index contributed by atoms with van der Waals surface area (Å²) in [6.45, 7) is 0.151. The molecule has 0 aliphatic heterocycles. The van der Waals surface area contributed by atoms with Gasteiger partial charge in [0.2, 0.25) is 5.91 Å². The molecule has 0 saturated heterocycles. The van der Waals surface area contributed by atoms with Crippen molar-refractivity contribution >= 4 is 5.91 Å². The van der Waals surface area contributed by atoms with Crippen molar-refractivity contribution in [3.63, 3.8) is 0 Å². The molecule has 19 heavy (non-hydrogen) atoms. The van der Waals surface area contributed by atoms with E-state index in [1.54, 1.807) is 18.2 Å². The molecule has 2 rings (SSSR count). The summed E-state index contributed by atoms with van der Waals surface area (Å²) < 4.78 is 35.6. The molecule has 1 N–H and O–H groups in total. The second-order valence-electron chi connectivity index (χ2n) is 4.41. The number of hydrogen-bond donors (Lipinski definition) is 1. The van der Waals surface area contributed by atoms with Crippen molar-refractivity contribution in [2.75, 3.05) is 14.2 Å². The van der Waals surface area contributed by atoms with Crippen LogP contribution in [0, 0.1) is 5.92 Å². The highest BCUT2D eigenvalue weighted by Gasteiger charge is 2.61. The first-order valence-corrected chi connectivity index (χ1v) is 5.84. The van der Waals surface area contributed by atoms with Crippen molar-refractivity contribution in [3.05, 3.63) is 23.8 Å². The Morgan fingerprint density at radius 2 is 2.11 bits per heavy atom. The van der Waals surface area contributed by atoms with Crippen molar-refractivity contribution in [2.24, 2.45) is 5.92 Å². The highest BCUT2D eigenvalue weighted by Crippen LogP contribution is 2.48. The number of benzene rings is 1. The van der Waals surface area contributed by atoms with Crippen LogP contribution in [0.4, 0.5) is 8.78 Å². The fraction of sp³-hybridized carbons (Fsp3) is 0.462. The molecular formula is C13H15F2NO3. The Labute approximate surface area is 109 Å². The molecule has 1 amide bonds. The van der Waals surface area contributed by atoms with Crippen molar-refractivity contribution in [3.8, 4) is 11.5 Å². The molecule has 0 radical (unpaired) electrons. The second-order valence-corrected chi connectivity index (χ2v) is 4.41. The van der Waals surface area contributed by atoms with Crippen LogP contribution in [0.15, 0.2) is 18.2 Å². The molecule has 1 aliphatic rings.